The van der Waals surface area contributed by atoms with Gasteiger partial charge in [0.05, 0.1) is 11.7 Å². The molecule has 8 heteroatoms. The molecule has 7 rings (SSSR count). The van der Waals surface area contributed by atoms with Crippen molar-refractivity contribution in [1.82, 2.24) is 0 Å². The molecule has 8 atom stereocenters. The van der Waals surface area contributed by atoms with Gasteiger partial charge in [0.25, 0.3) is 0 Å². The first-order valence-corrected chi connectivity index (χ1v) is 11.8. The molecule has 6 aliphatic rings. The van der Waals surface area contributed by atoms with Crippen molar-refractivity contribution >= 4 is 23.3 Å². The third-order valence-corrected chi connectivity index (χ3v) is 9.74. The fourth-order valence-corrected chi connectivity index (χ4v) is 8.49. The van der Waals surface area contributed by atoms with E-state index in [1.165, 1.54) is 0 Å². The molecule has 2 heterocycles. The number of carbonyl (C=O) groups is 3. The average molecular weight is 456 g/mol. The minimum absolute atomic E-state index is 0.0236. The highest BCUT2D eigenvalue weighted by molar-refractivity contribution is 6.00. The normalized spacial score (nSPS) is 43.8. The van der Waals surface area contributed by atoms with Gasteiger partial charge in [-0.1, -0.05) is 6.92 Å². The number of Topliss-reactive ketones (excluding diaryl/α,β-unsaturated/α-hetero) is 1. The van der Waals surface area contributed by atoms with Crippen molar-refractivity contribution in [2.45, 2.75) is 64.1 Å². The molecular formula is C25H29NO7. The molecule has 1 spiro atoms. The quantitative estimate of drug-likeness (QED) is 0.501. The lowest BCUT2D eigenvalue weighted by atomic mass is 9.48. The van der Waals surface area contributed by atoms with Gasteiger partial charge in [0.15, 0.2) is 5.75 Å². The lowest BCUT2D eigenvalue weighted by molar-refractivity contribution is -0.194. The molecule has 1 aromatic rings. The highest BCUT2D eigenvalue weighted by atomic mass is 16.5. The van der Waals surface area contributed by atoms with Crippen LogP contribution in [0.1, 0.15) is 62.7 Å². The number of carbonyl (C=O) groups excluding carboxylic acids is 2. The standard InChI is InChI=1S/C25H29NO7/c1-23(6-5-17(28)26-18-15(27)4-3-12(19(18)29)22(31)32)20-16-7-11-9-25(20,10-24(11,2)33-16)14-8-13(14)21(23)30/h3-4,11,13-14,16,20,27,29H,5-10H2,1-2H3,(H,26,28)(H,31,32)/t11-,13-,14+,16+,20+,23+,24+,25+/m1/s1. The van der Waals surface area contributed by atoms with Gasteiger partial charge in [-0.05, 0) is 68.4 Å². The minimum atomic E-state index is -1.37. The Balaban J connectivity index is 1.24. The van der Waals surface area contributed by atoms with Gasteiger partial charge in [-0.3, -0.25) is 9.59 Å². The molecule has 176 valence electrons. The van der Waals surface area contributed by atoms with Crippen LogP contribution in [-0.2, 0) is 14.3 Å². The summed E-state index contributed by atoms with van der Waals surface area (Å²) in [6, 6.07) is 2.19. The Morgan fingerprint density at radius 1 is 1.21 bits per heavy atom. The maximum atomic E-state index is 13.5. The maximum absolute atomic E-state index is 13.5. The van der Waals surface area contributed by atoms with Gasteiger partial charge in [0.2, 0.25) is 5.91 Å². The predicted octanol–water partition coefficient (Wildman–Crippen LogP) is 3.31. The van der Waals surface area contributed by atoms with Crippen LogP contribution in [0.4, 0.5) is 5.69 Å². The average Bonchev–Trinajstić information content (AvgIpc) is 3.46. The molecule has 4 saturated carbocycles. The summed E-state index contributed by atoms with van der Waals surface area (Å²) >= 11 is 0. The molecule has 4 bridgehead atoms. The van der Waals surface area contributed by atoms with Gasteiger partial charge in [0, 0.05) is 23.7 Å². The first-order chi connectivity index (χ1) is 15.5. The second-order valence-electron chi connectivity index (χ2n) is 11.4. The Bertz CT molecular complexity index is 1120. The molecule has 0 aromatic heterocycles. The van der Waals surface area contributed by atoms with E-state index in [0.29, 0.717) is 18.3 Å². The summed E-state index contributed by atoms with van der Waals surface area (Å²) in [6.07, 6.45) is 4.50. The van der Waals surface area contributed by atoms with Crippen LogP contribution in [0, 0.1) is 34.5 Å². The molecule has 2 saturated heterocycles. The zero-order valence-corrected chi connectivity index (χ0v) is 18.8. The van der Waals surface area contributed by atoms with E-state index in [2.05, 4.69) is 12.2 Å². The molecule has 2 aliphatic heterocycles. The number of phenolic OH excluding ortho intramolecular Hbond substituents is 1. The highest BCUT2D eigenvalue weighted by Gasteiger charge is 2.79. The van der Waals surface area contributed by atoms with Gasteiger partial charge in [-0.15, -0.1) is 0 Å². The second-order valence-corrected chi connectivity index (χ2v) is 11.4. The van der Waals surface area contributed by atoms with Crippen LogP contribution in [0.2, 0.25) is 0 Å². The number of nitrogens with one attached hydrogen (secondary N) is 1. The Kier molecular flexibility index (Phi) is 3.99. The molecule has 1 aromatic carbocycles. The van der Waals surface area contributed by atoms with Crippen LogP contribution in [-0.4, -0.2) is 44.7 Å². The molecule has 1 amide bonds. The second kappa shape index (κ2) is 6.29. The van der Waals surface area contributed by atoms with Crippen molar-refractivity contribution in [3.63, 3.8) is 0 Å². The Morgan fingerprint density at radius 3 is 2.67 bits per heavy atom. The van der Waals surface area contributed by atoms with E-state index >= 15 is 0 Å². The molecular weight excluding hydrogens is 426 g/mol. The van der Waals surface area contributed by atoms with Gasteiger partial charge < -0.3 is 25.4 Å². The Labute approximate surface area is 191 Å². The van der Waals surface area contributed by atoms with Gasteiger partial charge in [-0.25, -0.2) is 4.79 Å². The largest absolute Gasteiger partial charge is 0.506 e. The van der Waals surface area contributed by atoms with E-state index in [1.807, 2.05) is 6.92 Å². The van der Waals surface area contributed by atoms with Crippen LogP contribution < -0.4 is 5.32 Å². The first-order valence-electron chi connectivity index (χ1n) is 11.8. The van der Waals surface area contributed by atoms with E-state index in [9.17, 15) is 29.7 Å². The number of aromatic carboxylic acids is 1. The first kappa shape index (κ1) is 21.0. The number of ether oxygens (including phenoxy) is 1. The van der Waals surface area contributed by atoms with Crippen molar-refractivity contribution in [2.24, 2.45) is 34.5 Å². The zero-order valence-electron chi connectivity index (χ0n) is 18.8. The van der Waals surface area contributed by atoms with Crippen molar-refractivity contribution < 1.29 is 34.4 Å². The molecule has 4 N–H and O–H groups in total. The molecule has 0 radical (unpaired) electrons. The van der Waals surface area contributed by atoms with E-state index in [-0.39, 0.29) is 46.8 Å². The monoisotopic (exact) mass is 455 g/mol. The number of carboxylic acid groups (broad SMARTS) is 1. The lowest BCUT2D eigenvalue weighted by Crippen LogP contribution is -2.59. The number of anilines is 1. The van der Waals surface area contributed by atoms with Crippen LogP contribution in [0.15, 0.2) is 12.1 Å². The number of carboxylic acids is 1. The van der Waals surface area contributed by atoms with Gasteiger partial charge in [-0.2, -0.15) is 0 Å². The number of hydrogen-bond acceptors (Lipinski definition) is 6. The van der Waals surface area contributed by atoms with Crippen LogP contribution >= 0.6 is 0 Å². The summed E-state index contributed by atoms with van der Waals surface area (Å²) in [4.78, 5) is 37.6. The number of aromatic hydroxyl groups is 2. The highest BCUT2D eigenvalue weighted by Crippen LogP contribution is 2.79. The molecule has 8 nitrogen and oxygen atoms in total. The summed E-state index contributed by atoms with van der Waals surface area (Å²) in [5.74, 6) is -1.49. The molecule has 6 fully saturated rings. The summed E-state index contributed by atoms with van der Waals surface area (Å²) in [5, 5.41) is 31.9. The summed E-state index contributed by atoms with van der Waals surface area (Å²) in [5.41, 5.74) is -1.34. The molecule has 33 heavy (non-hydrogen) atoms. The fraction of sp³-hybridized carbons (Fsp3) is 0.640. The number of phenols is 2. The number of amides is 1. The summed E-state index contributed by atoms with van der Waals surface area (Å²) < 4.78 is 6.51. The number of benzene rings is 1. The number of ketones is 1. The van der Waals surface area contributed by atoms with Crippen LogP contribution in [0.25, 0.3) is 0 Å². The van der Waals surface area contributed by atoms with Crippen molar-refractivity contribution in [3.05, 3.63) is 17.7 Å². The van der Waals surface area contributed by atoms with E-state index < -0.39 is 34.4 Å². The van der Waals surface area contributed by atoms with E-state index in [4.69, 9.17) is 4.74 Å². The number of rotatable bonds is 5. The van der Waals surface area contributed by atoms with Crippen molar-refractivity contribution in [2.75, 3.05) is 5.32 Å². The van der Waals surface area contributed by atoms with Gasteiger partial charge >= 0.3 is 5.97 Å². The third kappa shape index (κ3) is 2.58. The van der Waals surface area contributed by atoms with Gasteiger partial charge in [0.1, 0.15) is 22.8 Å². The fourth-order valence-electron chi connectivity index (χ4n) is 8.49. The molecule has 0 unspecified atom stereocenters. The SMILES string of the molecule is C[C@]12C[C@]34C[C@H]1C[C@H](O2)[C@H]3[C@](C)(CCC(=O)Nc1c(O)ccc(C(=O)O)c1O)C(=O)[C@@H]1C[C@@H]14. The van der Waals surface area contributed by atoms with E-state index in [0.717, 1.165) is 37.8 Å². The van der Waals surface area contributed by atoms with Crippen LogP contribution in [0.3, 0.4) is 0 Å². The third-order valence-electron chi connectivity index (χ3n) is 9.74. The maximum Gasteiger partial charge on any atom is 0.339 e. The van der Waals surface area contributed by atoms with Crippen LogP contribution in [0.5, 0.6) is 11.5 Å². The van der Waals surface area contributed by atoms with Crippen molar-refractivity contribution in [1.29, 1.82) is 0 Å². The number of hydrogen-bond donors (Lipinski definition) is 4. The zero-order chi connectivity index (χ0) is 23.5. The molecule has 4 aliphatic carbocycles. The van der Waals surface area contributed by atoms with Crippen molar-refractivity contribution in [3.8, 4) is 11.5 Å². The Hall–Kier alpha value is -2.61. The predicted molar refractivity (Wildman–Crippen MR) is 116 cm³/mol. The lowest BCUT2D eigenvalue weighted by Gasteiger charge is -2.57. The Morgan fingerprint density at radius 2 is 1.97 bits per heavy atom. The topological polar surface area (TPSA) is 133 Å². The summed E-state index contributed by atoms with van der Waals surface area (Å²) in [7, 11) is 0. The minimum Gasteiger partial charge on any atom is -0.506 e. The smallest absolute Gasteiger partial charge is 0.339 e. The van der Waals surface area contributed by atoms with E-state index in [1.54, 1.807) is 0 Å². The number of fused-ring (bicyclic) bond motifs is 1. The summed E-state index contributed by atoms with van der Waals surface area (Å²) in [6.45, 7) is 4.23.